The van der Waals surface area contributed by atoms with E-state index >= 15 is 0 Å². The number of hydrogen-bond donors (Lipinski definition) is 1. The first-order chi connectivity index (χ1) is 50.9. The Balaban J connectivity index is 0.000000205. The van der Waals surface area contributed by atoms with Crippen LogP contribution in [0.4, 0.5) is 0 Å². The highest BCUT2D eigenvalue weighted by Gasteiger charge is 2.64. The summed E-state index contributed by atoms with van der Waals surface area (Å²) in [4.78, 5) is 13.0. The van der Waals surface area contributed by atoms with E-state index in [0.29, 0.717) is 13.4 Å². The maximum Gasteiger partial charge on any atom is 0.569 e. The van der Waals surface area contributed by atoms with Crippen LogP contribution in [0.1, 0.15) is 235 Å². The Bertz CT molecular complexity index is 4470. The van der Waals surface area contributed by atoms with Crippen molar-refractivity contribution in [1.29, 1.82) is 0 Å². The lowest BCUT2D eigenvalue weighted by atomic mass is 9.49. The molecule has 1 radical (unpaired) electrons. The standard InChI is InChI=1S/C31H40BNO2.C25H27BrN.C20H24BBrO2.C12H24B2O4.C5H4BrN.CH4/c1-28(2,3)24-16-22(17-25(20-24)29(4,5)6)21-15-23(27-13-11-12-14-33-27)19-26(18-21)32-34-30(7,8)31(9,10)35-32;1-24(2,3)20-12-18(13-21(16-20)25(4,5)6)17-11-19(15-22(26)14-17)23-9-7-8-10-27-23;1-19(2,3)15-7-13(8-16(11-15)20(4,5)6)14-9-17(22)12-18(10-14)24-21-23;1-9(2)10(3,4)16-13(15-9)14-17-11(5,6)12(7,8)18-14;6-5-3-1-2-4-7-5;/h11-20H,1-10H3;7-16H,1H2,2-6H3;7-12,23H,1H2,2-6H3;1-8H3;1-4H;1H4/q;2*+1;;;. The summed E-state index contributed by atoms with van der Waals surface area (Å²) in [6.45, 7) is 68.9. The summed E-state index contributed by atoms with van der Waals surface area (Å²) in [7, 11) is -0.691. The molecule has 0 aliphatic carbocycles. The molecule has 0 atom stereocenters. The van der Waals surface area contributed by atoms with Gasteiger partial charge in [0.15, 0.2) is 0 Å². The molecule has 0 unspecified atom stereocenters. The first-order valence-electron chi connectivity index (χ1n) is 38.4. The molecule has 18 heteroatoms. The molecule has 1 N–H and O–H groups in total. The molecule has 6 aromatic carbocycles. The molecule has 593 valence electrons. The second-order valence-corrected chi connectivity index (χ2v) is 40.7. The summed E-state index contributed by atoms with van der Waals surface area (Å²) in [6, 6.07) is 57.2. The first-order valence-corrected chi connectivity index (χ1v) is 40.8. The highest BCUT2D eigenvalue weighted by Crippen LogP contribution is 2.45. The fourth-order valence-corrected chi connectivity index (χ4v) is 13.4. The van der Waals surface area contributed by atoms with Crippen molar-refractivity contribution in [1.82, 2.24) is 15.0 Å². The molecule has 3 fully saturated rings. The monoisotopic (exact) mass is 1700 g/mol. The Morgan fingerprint density at radius 2 is 0.634 bits per heavy atom. The molecular formula is C94H123B4Br3N3O8+2. The number of aromatic nitrogens is 3. The van der Waals surface area contributed by atoms with Crippen LogP contribution in [0.2, 0.25) is 0 Å². The average Bonchev–Trinajstić information content (AvgIpc) is 1.57. The highest BCUT2D eigenvalue weighted by atomic mass is 79.9. The molecule has 11 nitrogen and oxygen atoms in total. The van der Waals surface area contributed by atoms with Crippen LogP contribution in [0.3, 0.4) is 0 Å². The molecule has 3 aromatic heterocycles. The minimum Gasteiger partial charge on any atom is -0.537 e. The van der Waals surface area contributed by atoms with Crippen molar-refractivity contribution in [2.75, 3.05) is 0 Å². The maximum absolute atomic E-state index is 8.90. The van der Waals surface area contributed by atoms with E-state index in [1.165, 1.54) is 50.1 Å². The topological polar surface area (TPSA) is 124 Å². The van der Waals surface area contributed by atoms with E-state index in [-0.39, 0.29) is 62.3 Å². The summed E-state index contributed by atoms with van der Waals surface area (Å²) < 4.78 is 44.7. The number of hydrogen-bond acceptors (Lipinski definition) is 11. The van der Waals surface area contributed by atoms with E-state index < -0.39 is 32.3 Å². The van der Waals surface area contributed by atoms with Gasteiger partial charge in [-0.2, -0.15) is 0 Å². The van der Waals surface area contributed by atoms with Gasteiger partial charge in [-0.05, 0) is 300 Å². The van der Waals surface area contributed by atoms with Gasteiger partial charge in [0.2, 0.25) is 0 Å². The van der Waals surface area contributed by atoms with Gasteiger partial charge >= 0.3 is 28.8 Å². The van der Waals surface area contributed by atoms with Crippen molar-refractivity contribution in [3.05, 3.63) is 243 Å². The van der Waals surface area contributed by atoms with Gasteiger partial charge in [-0.3, -0.25) is 9.97 Å². The van der Waals surface area contributed by atoms with Crippen molar-refractivity contribution in [3.63, 3.8) is 0 Å². The van der Waals surface area contributed by atoms with Crippen LogP contribution in [0.25, 0.3) is 55.9 Å². The van der Waals surface area contributed by atoms with E-state index in [1.54, 1.807) is 6.20 Å². The van der Waals surface area contributed by atoms with Crippen LogP contribution in [0.15, 0.2) is 196 Å². The third-order valence-corrected chi connectivity index (χ3v) is 23.0. The van der Waals surface area contributed by atoms with Crippen LogP contribution in [-0.4, -0.2) is 82.4 Å². The van der Waals surface area contributed by atoms with E-state index in [9.17, 15) is 0 Å². The molecule has 0 amide bonds. The predicted molar refractivity (Wildman–Crippen MR) is 484 cm³/mol. The summed E-state index contributed by atoms with van der Waals surface area (Å²) in [5, 5.41) is 8.90. The third kappa shape index (κ3) is 24.0. The van der Waals surface area contributed by atoms with Crippen LogP contribution < -0.4 is 10.1 Å². The number of pyridine rings is 3. The minimum atomic E-state index is -0.476. The van der Waals surface area contributed by atoms with Crippen molar-refractivity contribution in [2.45, 2.75) is 267 Å². The van der Waals surface area contributed by atoms with E-state index in [4.69, 9.17) is 37.6 Å². The zero-order chi connectivity index (χ0) is 82.8. The summed E-state index contributed by atoms with van der Waals surface area (Å²) in [5.74, 6) is 0.582. The molecule has 12 rings (SSSR count). The van der Waals surface area contributed by atoms with E-state index in [2.05, 4.69) is 312 Å². The lowest BCUT2D eigenvalue weighted by Gasteiger charge is -2.32. The molecular weight excluding hydrogens is 1580 g/mol. The Morgan fingerprint density at radius 1 is 0.348 bits per heavy atom. The average molecular weight is 1710 g/mol. The lowest BCUT2D eigenvalue weighted by Crippen LogP contribution is -2.41. The fraction of sp³-hybridized carbons (Fsp3) is 0.436. The Labute approximate surface area is 701 Å². The molecule has 3 aliphatic rings. The SMILES string of the molecule is Brc1ccccn1.C.CC(C)(C)c1cc(-c2cc(B3OC(C)(C)C(C)(C)O3)cc(-c3ccccn3)c2)cc(C(C)(C)C)c1.CC1(C)OB(B2OC(C)(C)C(C)(C)O2)OC1(C)C.[CH2+]C(C)(C)c1cc(-c2cc(Br)cc(-c3ccccn3)c2)cc(C(C)(C)C)c1.[CH2+]C(C)(C)c1cc(-c2cc(Br)cc(O[B]O)c2)cc(C(C)(C)C)c1. The van der Waals surface area contributed by atoms with Crippen molar-refractivity contribution in [3.8, 4) is 61.6 Å². The smallest absolute Gasteiger partial charge is 0.537 e. The van der Waals surface area contributed by atoms with E-state index in [1.807, 2.05) is 135 Å². The zero-order valence-corrected chi connectivity index (χ0v) is 76.1. The highest BCUT2D eigenvalue weighted by molar-refractivity contribution is 9.11. The maximum atomic E-state index is 8.90. The zero-order valence-electron chi connectivity index (χ0n) is 71.3. The molecule has 0 bridgehead atoms. The normalized spacial score (nSPS) is 16.7. The molecule has 0 saturated carbocycles. The molecule has 3 saturated heterocycles. The summed E-state index contributed by atoms with van der Waals surface area (Å²) in [5.41, 5.74) is 17.3. The molecule has 112 heavy (non-hydrogen) atoms. The van der Waals surface area contributed by atoms with Gasteiger partial charge in [-0.1, -0.05) is 195 Å². The minimum absolute atomic E-state index is 0. The molecule has 0 spiro atoms. The van der Waals surface area contributed by atoms with Gasteiger partial charge in [0.1, 0.15) is 21.2 Å². The second-order valence-electron chi connectivity index (χ2n) is 38.1. The van der Waals surface area contributed by atoms with Gasteiger partial charge in [0.25, 0.3) is 0 Å². The first kappa shape index (κ1) is 92.9. The number of rotatable bonds is 11. The van der Waals surface area contributed by atoms with Crippen molar-refractivity contribution >= 4 is 82.1 Å². The van der Waals surface area contributed by atoms with Gasteiger partial charge < -0.3 is 37.6 Å². The number of nitrogens with zero attached hydrogens (tertiary/aromatic N) is 3. The van der Waals surface area contributed by atoms with Crippen LogP contribution in [0.5, 0.6) is 5.75 Å². The lowest BCUT2D eigenvalue weighted by molar-refractivity contribution is 0.00578. The van der Waals surface area contributed by atoms with Crippen molar-refractivity contribution < 1.29 is 37.6 Å². The largest absolute Gasteiger partial charge is 0.569 e. The second kappa shape index (κ2) is 35.3. The summed E-state index contributed by atoms with van der Waals surface area (Å²) >= 11 is 10.4. The van der Waals surface area contributed by atoms with Crippen LogP contribution in [0, 0.1) is 13.8 Å². The summed E-state index contributed by atoms with van der Waals surface area (Å²) in [6.07, 6.45) is 5.41. The van der Waals surface area contributed by atoms with Crippen molar-refractivity contribution in [2.24, 2.45) is 0 Å². The van der Waals surface area contributed by atoms with Crippen LogP contribution in [-0.2, 0) is 60.4 Å². The Morgan fingerprint density at radius 3 is 0.946 bits per heavy atom. The molecule has 3 aliphatic heterocycles. The number of benzene rings is 6. The van der Waals surface area contributed by atoms with Gasteiger partial charge in [0.05, 0.1) is 58.8 Å². The Hall–Kier alpha value is -6.27. The van der Waals surface area contributed by atoms with Gasteiger partial charge in [-0.15, -0.1) is 0 Å². The molecule has 6 heterocycles. The molecule has 9 aromatic rings. The number of halogens is 3. The van der Waals surface area contributed by atoms with E-state index in [0.717, 1.165) is 58.2 Å². The van der Waals surface area contributed by atoms with Gasteiger partial charge in [0, 0.05) is 49.8 Å². The quantitative estimate of drug-likeness (QED) is 0.0756. The fourth-order valence-electron chi connectivity index (χ4n) is 12.1. The Kier molecular flexibility index (Phi) is 29.3. The predicted octanol–water partition coefficient (Wildman–Crippen LogP) is 25.1. The van der Waals surface area contributed by atoms with Gasteiger partial charge in [-0.25, -0.2) is 4.98 Å². The third-order valence-electron chi connectivity index (χ3n) is 21.6. The van der Waals surface area contributed by atoms with Crippen LogP contribution >= 0.6 is 47.8 Å².